The Hall–Kier alpha value is -3.21. The minimum atomic E-state index is -0.288. The van der Waals surface area contributed by atoms with Crippen LogP contribution in [0.4, 0.5) is 11.4 Å². The number of nitriles is 1. The molecule has 0 saturated carbocycles. The van der Waals surface area contributed by atoms with Crippen molar-refractivity contribution >= 4 is 23.2 Å². The number of hydrogen-bond donors (Lipinski definition) is 1. The second-order valence-corrected chi connectivity index (χ2v) is 5.12. The summed E-state index contributed by atoms with van der Waals surface area (Å²) in [6.45, 7) is 0.660. The standard InChI is InChI=1S/C15H14N6O2/c16-8-13-17-10-20(19-13)9-14(22)18-11-3-1-4-12(7-11)21-6-2-5-15(21)23/h1,3-4,7,10H,2,5-6,9H2,(H,18,22). The number of carbonyl (C=O) groups is 2. The van der Waals surface area contributed by atoms with Crippen molar-refractivity contribution < 1.29 is 9.59 Å². The fraction of sp³-hybridized carbons (Fsp3) is 0.267. The summed E-state index contributed by atoms with van der Waals surface area (Å²) in [4.78, 5) is 29.2. The smallest absolute Gasteiger partial charge is 0.252 e. The summed E-state index contributed by atoms with van der Waals surface area (Å²) in [5, 5.41) is 15.2. The topological polar surface area (TPSA) is 104 Å². The van der Waals surface area contributed by atoms with Crippen LogP contribution in [0.3, 0.4) is 0 Å². The molecule has 0 radical (unpaired) electrons. The molecule has 23 heavy (non-hydrogen) atoms. The lowest BCUT2D eigenvalue weighted by molar-refractivity contribution is -0.117. The fourth-order valence-electron chi connectivity index (χ4n) is 2.44. The van der Waals surface area contributed by atoms with Crippen LogP contribution in [0.25, 0.3) is 0 Å². The lowest BCUT2D eigenvalue weighted by Crippen LogP contribution is -2.24. The molecule has 1 aromatic heterocycles. The maximum atomic E-state index is 12.0. The van der Waals surface area contributed by atoms with E-state index in [0.29, 0.717) is 18.7 Å². The van der Waals surface area contributed by atoms with Crippen molar-refractivity contribution in [3.8, 4) is 6.07 Å². The number of rotatable bonds is 4. The van der Waals surface area contributed by atoms with Gasteiger partial charge in [0.25, 0.3) is 5.82 Å². The molecule has 1 saturated heterocycles. The Bertz CT molecular complexity index is 791. The predicted octanol–water partition coefficient (Wildman–Crippen LogP) is 0.915. The minimum absolute atomic E-state index is 0.0207. The van der Waals surface area contributed by atoms with Crippen LogP contribution in [-0.2, 0) is 16.1 Å². The molecule has 1 N–H and O–H groups in total. The second-order valence-electron chi connectivity index (χ2n) is 5.12. The summed E-state index contributed by atoms with van der Waals surface area (Å²) in [5.74, 6) is -0.170. The number of nitrogens with zero attached hydrogens (tertiary/aromatic N) is 5. The van der Waals surface area contributed by atoms with Crippen molar-refractivity contribution in [2.75, 3.05) is 16.8 Å². The Morgan fingerprint density at radius 1 is 1.43 bits per heavy atom. The molecule has 0 unspecified atom stereocenters. The molecule has 8 nitrogen and oxygen atoms in total. The molecule has 1 aliphatic heterocycles. The van der Waals surface area contributed by atoms with E-state index in [1.165, 1.54) is 11.0 Å². The summed E-state index contributed by atoms with van der Waals surface area (Å²) in [6.07, 6.45) is 2.74. The predicted molar refractivity (Wildman–Crippen MR) is 81.4 cm³/mol. The van der Waals surface area contributed by atoms with Crippen molar-refractivity contribution in [2.24, 2.45) is 0 Å². The zero-order valence-corrected chi connectivity index (χ0v) is 12.3. The normalized spacial score (nSPS) is 13.9. The first-order valence-electron chi connectivity index (χ1n) is 7.15. The van der Waals surface area contributed by atoms with E-state index in [1.807, 2.05) is 6.07 Å². The third-order valence-electron chi connectivity index (χ3n) is 3.46. The zero-order valence-electron chi connectivity index (χ0n) is 12.3. The molecule has 0 aliphatic carbocycles. The largest absolute Gasteiger partial charge is 0.324 e. The Morgan fingerprint density at radius 2 is 2.30 bits per heavy atom. The maximum absolute atomic E-state index is 12.0. The lowest BCUT2D eigenvalue weighted by atomic mass is 10.2. The molecular formula is C15H14N6O2. The van der Waals surface area contributed by atoms with Gasteiger partial charge in [-0.3, -0.25) is 9.59 Å². The minimum Gasteiger partial charge on any atom is -0.324 e. The number of anilines is 2. The van der Waals surface area contributed by atoms with Gasteiger partial charge in [-0.05, 0) is 24.6 Å². The number of carbonyl (C=O) groups excluding carboxylic acids is 2. The summed E-state index contributed by atoms with van der Waals surface area (Å²) in [5.41, 5.74) is 1.38. The van der Waals surface area contributed by atoms with Gasteiger partial charge in [-0.15, -0.1) is 5.10 Å². The zero-order chi connectivity index (χ0) is 16.2. The Kier molecular flexibility index (Phi) is 4.01. The van der Waals surface area contributed by atoms with Gasteiger partial charge in [0.15, 0.2) is 0 Å². The van der Waals surface area contributed by atoms with Crippen molar-refractivity contribution in [2.45, 2.75) is 19.4 Å². The van der Waals surface area contributed by atoms with Gasteiger partial charge in [-0.25, -0.2) is 9.67 Å². The molecule has 2 amide bonds. The van der Waals surface area contributed by atoms with Crippen molar-refractivity contribution in [3.05, 3.63) is 36.4 Å². The van der Waals surface area contributed by atoms with Crippen molar-refractivity contribution in [1.82, 2.24) is 14.8 Å². The summed E-state index contributed by atoms with van der Waals surface area (Å²) in [6, 6.07) is 8.96. The number of aromatic nitrogens is 3. The third-order valence-corrected chi connectivity index (χ3v) is 3.46. The molecule has 116 valence electrons. The Balaban J connectivity index is 1.66. The molecule has 1 aromatic carbocycles. The van der Waals surface area contributed by atoms with Crippen LogP contribution in [0, 0.1) is 11.3 Å². The Labute approximate surface area is 132 Å². The second kappa shape index (κ2) is 6.27. The molecule has 0 spiro atoms. The van der Waals surface area contributed by atoms with Gasteiger partial charge in [0, 0.05) is 24.3 Å². The lowest BCUT2D eigenvalue weighted by Gasteiger charge is -2.16. The van der Waals surface area contributed by atoms with Crippen LogP contribution in [-0.4, -0.2) is 33.1 Å². The quantitative estimate of drug-likeness (QED) is 0.904. The van der Waals surface area contributed by atoms with Crippen LogP contribution in [0.5, 0.6) is 0 Å². The van der Waals surface area contributed by atoms with Gasteiger partial charge in [0.2, 0.25) is 11.8 Å². The number of nitrogens with one attached hydrogen (secondary N) is 1. The van der Waals surface area contributed by atoms with Gasteiger partial charge < -0.3 is 10.2 Å². The van der Waals surface area contributed by atoms with Crippen molar-refractivity contribution in [1.29, 1.82) is 5.26 Å². The summed E-state index contributed by atoms with van der Waals surface area (Å²) < 4.78 is 1.29. The molecule has 2 aromatic rings. The van der Waals surface area contributed by atoms with E-state index in [-0.39, 0.29) is 24.2 Å². The molecule has 0 atom stereocenters. The SMILES string of the molecule is N#Cc1ncn(CC(=O)Nc2cccc(N3CCCC3=O)c2)n1. The first-order valence-corrected chi connectivity index (χ1v) is 7.15. The van der Waals surface area contributed by atoms with Gasteiger partial charge in [-0.2, -0.15) is 5.26 Å². The number of benzene rings is 1. The average molecular weight is 310 g/mol. The van der Waals surface area contributed by atoms with Gasteiger partial charge in [-0.1, -0.05) is 6.07 Å². The highest BCUT2D eigenvalue weighted by Crippen LogP contribution is 2.24. The van der Waals surface area contributed by atoms with E-state index in [9.17, 15) is 9.59 Å². The van der Waals surface area contributed by atoms with Gasteiger partial charge >= 0.3 is 0 Å². The van der Waals surface area contributed by atoms with Crippen LogP contribution >= 0.6 is 0 Å². The maximum Gasteiger partial charge on any atom is 0.252 e. The van der Waals surface area contributed by atoms with Crippen LogP contribution < -0.4 is 10.2 Å². The first kappa shape index (κ1) is 14.7. The Morgan fingerprint density at radius 3 is 3.00 bits per heavy atom. The van der Waals surface area contributed by atoms with Crippen LogP contribution in [0.2, 0.25) is 0 Å². The number of amides is 2. The molecule has 2 heterocycles. The number of hydrogen-bond acceptors (Lipinski definition) is 5. The molecule has 3 rings (SSSR count). The van der Waals surface area contributed by atoms with E-state index < -0.39 is 0 Å². The van der Waals surface area contributed by atoms with Crippen LogP contribution in [0.15, 0.2) is 30.6 Å². The highest BCUT2D eigenvalue weighted by molar-refractivity contribution is 5.97. The molecule has 1 fully saturated rings. The fourth-order valence-corrected chi connectivity index (χ4v) is 2.44. The summed E-state index contributed by atoms with van der Waals surface area (Å²) >= 11 is 0. The first-order chi connectivity index (χ1) is 11.2. The van der Waals surface area contributed by atoms with E-state index in [4.69, 9.17) is 5.26 Å². The molecule has 1 aliphatic rings. The van der Waals surface area contributed by atoms with E-state index in [1.54, 1.807) is 29.2 Å². The monoisotopic (exact) mass is 310 g/mol. The third kappa shape index (κ3) is 3.35. The molecule has 0 bridgehead atoms. The van der Waals surface area contributed by atoms with Crippen molar-refractivity contribution in [3.63, 3.8) is 0 Å². The van der Waals surface area contributed by atoms with E-state index >= 15 is 0 Å². The average Bonchev–Trinajstić information content (AvgIpc) is 3.16. The van der Waals surface area contributed by atoms with E-state index in [0.717, 1.165) is 12.1 Å². The molecular weight excluding hydrogens is 296 g/mol. The summed E-state index contributed by atoms with van der Waals surface area (Å²) in [7, 11) is 0. The van der Waals surface area contributed by atoms with E-state index in [2.05, 4.69) is 15.4 Å². The van der Waals surface area contributed by atoms with Gasteiger partial charge in [0.1, 0.15) is 18.9 Å². The van der Waals surface area contributed by atoms with Crippen LogP contribution in [0.1, 0.15) is 18.7 Å². The van der Waals surface area contributed by atoms with Gasteiger partial charge in [0.05, 0.1) is 0 Å². The molecule has 8 heteroatoms. The highest BCUT2D eigenvalue weighted by Gasteiger charge is 2.21. The highest BCUT2D eigenvalue weighted by atomic mass is 16.2.